The molecule has 1 heterocycles. The van der Waals surface area contributed by atoms with Crippen LogP contribution in [-0.4, -0.2) is 41.2 Å². The third-order valence-electron chi connectivity index (χ3n) is 5.44. The highest BCUT2D eigenvalue weighted by molar-refractivity contribution is 9.10. The Morgan fingerprint density at radius 2 is 1.79 bits per heavy atom. The van der Waals surface area contributed by atoms with Crippen LogP contribution in [0.1, 0.15) is 21.5 Å². The summed E-state index contributed by atoms with van der Waals surface area (Å²) in [4.78, 5) is 49.5. The highest BCUT2D eigenvalue weighted by Gasteiger charge is 2.35. The first-order valence-corrected chi connectivity index (χ1v) is 12.5. The van der Waals surface area contributed by atoms with Crippen LogP contribution in [0.5, 0.6) is 17.2 Å². The first-order chi connectivity index (χ1) is 18.2. The van der Waals surface area contributed by atoms with Crippen LogP contribution in [0.2, 0.25) is 0 Å². The molecule has 0 atom stereocenters. The molecule has 12 heteroatoms. The average Bonchev–Trinajstić information content (AvgIpc) is 3.17. The highest BCUT2D eigenvalue weighted by atomic mass is 79.9. The fraction of sp³-hybridized carbons (Fsp3) is 0.115. The smallest absolute Gasteiger partial charge is 0.338 e. The van der Waals surface area contributed by atoms with E-state index in [-0.39, 0.29) is 39.5 Å². The monoisotopic (exact) mass is 598 g/mol. The molecule has 0 aliphatic carbocycles. The minimum Gasteiger partial charge on any atom is -0.493 e. The molecule has 0 N–H and O–H groups in total. The van der Waals surface area contributed by atoms with Crippen molar-refractivity contribution in [1.29, 1.82) is 0 Å². The molecule has 1 fully saturated rings. The molecule has 10 nitrogen and oxygen atoms in total. The molecule has 0 saturated carbocycles. The normalized spacial score (nSPS) is 14.1. The number of methoxy groups -OCH3 is 2. The lowest BCUT2D eigenvalue weighted by Crippen LogP contribution is -2.27. The molecule has 38 heavy (non-hydrogen) atoms. The molecule has 3 aromatic rings. The molecule has 1 aliphatic rings. The van der Waals surface area contributed by atoms with Gasteiger partial charge in [-0.25, -0.2) is 4.79 Å². The Balaban J connectivity index is 1.58. The van der Waals surface area contributed by atoms with E-state index in [9.17, 15) is 24.5 Å². The summed E-state index contributed by atoms with van der Waals surface area (Å²) in [7, 11) is 2.57. The van der Waals surface area contributed by atoms with Crippen molar-refractivity contribution in [2.45, 2.75) is 6.54 Å². The zero-order valence-corrected chi connectivity index (χ0v) is 22.4. The predicted molar refractivity (Wildman–Crippen MR) is 143 cm³/mol. The number of hydrogen-bond acceptors (Lipinski definition) is 9. The van der Waals surface area contributed by atoms with Crippen LogP contribution < -0.4 is 9.47 Å². The molecule has 0 unspecified atom stereocenters. The number of carbonyl (C=O) groups excluding carboxylic acids is 3. The Morgan fingerprint density at radius 3 is 2.47 bits per heavy atom. The van der Waals surface area contributed by atoms with Crippen molar-refractivity contribution in [2.24, 2.45) is 0 Å². The molecule has 1 saturated heterocycles. The molecular weight excluding hydrogens is 580 g/mol. The second-order valence-corrected chi connectivity index (χ2v) is 9.65. The second kappa shape index (κ2) is 11.5. The van der Waals surface area contributed by atoms with Crippen molar-refractivity contribution in [3.63, 3.8) is 0 Å². The Kier molecular flexibility index (Phi) is 8.13. The minimum absolute atomic E-state index is 0.00225. The number of nitrogens with zero attached hydrogens (tertiary/aromatic N) is 2. The fourth-order valence-corrected chi connectivity index (χ4v) is 4.80. The molecule has 4 rings (SSSR count). The number of ether oxygens (including phenoxy) is 3. The van der Waals surface area contributed by atoms with Crippen molar-refractivity contribution in [1.82, 2.24) is 4.90 Å². The van der Waals surface area contributed by atoms with Gasteiger partial charge < -0.3 is 14.2 Å². The summed E-state index contributed by atoms with van der Waals surface area (Å²) in [5.41, 5.74) is 0.921. The number of carbonyl (C=O) groups is 3. The van der Waals surface area contributed by atoms with Gasteiger partial charge in [-0.3, -0.25) is 24.6 Å². The van der Waals surface area contributed by atoms with E-state index in [1.165, 1.54) is 37.3 Å². The maximum absolute atomic E-state index is 12.9. The number of benzene rings is 3. The first-order valence-electron chi connectivity index (χ1n) is 10.9. The lowest BCUT2D eigenvalue weighted by atomic mass is 10.1. The maximum atomic E-state index is 12.9. The fourth-order valence-electron chi connectivity index (χ4n) is 3.55. The summed E-state index contributed by atoms with van der Waals surface area (Å²) in [5.74, 6) is -0.848. The van der Waals surface area contributed by atoms with Gasteiger partial charge in [0, 0.05) is 10.5 Å². The third kappa shape index (κ3) is 5.71. The number of nitro groups is 1. The summed E-state index contributed by atoms with van der Waals surface area (Å²) in [5, 5.41) is 11.2. The van der Waals surface area contributed by atoms with Crippen LogP contribution in [0.3, 0.4) is 0 Å². The van der Waals surface area contributed by atoms with Crippen molar-refractivity contribution < 1.29 is 33.5 Å². The summed E-state index contributed by atoms with van der Waals surface area (Å²) in [6.45, 7) is 0.132. The number of esters is 1. The molecule has 0 aromatic heterocycles. The molecule has 194 valence electrons. The highest BCUT2D eigenvalue weighted by Crippen LogP contribution is 2.39. The number of hydrogen-bond donors (Lipinski definition) is 0. The average molecular weight is 599 g/mol. The van der Waals surface area contributed by atoms with Crippen LogP contribution in [-0.2, 0) is 16.1 Å². The van der Waals surface area contributed by atoms with Gasteiger partial charge in [0.25, 0.3) is 11.1 Å². The van der Waals surface area contributed by atoms with Gasteiger partial charge >= 0.3 is 11.7 Å². The van der Waals surface area contributed by atoms with Crippen molar-refractivity contribution in [2.75, 3.05) is 14.2 Å². The van der Waals surface area contributed by atoms with E-state index < -0.39 is 22.5 Å². The summed E-state index contributed by atoms with van der Waals surface area (Å²) < 4.78 is 16.5. The number of amides is 2. The Bertz CT molecular complexity index is 1490. The zero-order valence-electron chi connectivity index (χ0n) is 20.0. The van der Waals surface area contributed by atoms with Crippen LogP contribution in [0.15, 0.2) is 70.0 Å². The summed E-state index contributed by atoms with van der Waals surface area (Å²) in [6.07, 6.45) is 1.56. The van der Waals surface area contributed by atoms with Gasteiger partial charge in [0.1, 0.15) is 0 Å². The van der Waals surface area contributed by atoms with E-state index >= 15 is 0 Å². The van der Waals surface area contributed by atoms with Gasteiger partial charge in [0.15, 0.2) is 11.5 Å². The SMILES string of the molecule is COC(=O)c1ccc(Oc2ccc(/C=C3\SC(=O)N(Cc4ccccc4Br)C3=O)cc2OC)c([N+](=O)[O-])c1. The van der Waals surface area contributed by atoms with Crippen molar-refractivity contribution in [3.8, 4) is 17.2 Å². The number of rotatable bonds is 8. The largest absolute Gasteiger partial charge is 0.493 e. The Morgan fingerprint density at radius 1 is 1.05 bits per heavy atom. The molecule has 2 amide bonds. The molecule has 3 aromatic carbocycles. The standard InChI is InChI=1S/C26H19BrN2O8S/c1-35-22-11-15(12-23-24(30)28(26(32)38-23)14-17-5-3-4-6-18(17)27)7-9-21(22)37-20-10-8-16(25(31)36-2)13-19(20)29(33)34/h3-13H,14H2,1-2H3/b23-12-. The predicted octanol–water partition coefficient (Wildman–Crippen LogP) is 6.18. The molecular formula is C26H19BrN2O8S. The first kappa shape index (κ1) is 26.9. The van der Waals surface area contributed by atoms with Crippen LogP contribution in [0.4, 0.5) is 10.5 Å². The van der Waals surface area contributed by atoms with E-state index in [1.807, 2.05) is 24.3 Å². The Hall–Kier alpha value is -4.16. The maximum Gasteiger partial charge on any atom is 0.338 e. The van der Waals surface area contributed by atoms with Crippen LogP contribution >= 0.6 is 27.7 Å². The third-order valence-corrected chi connectivity index (χ3v) is 7.12. The van der Waals surface area contributed by atoms with Gasteiger partial charge in [-0.2, -0.15) is 0 Å². The zero-order chi connectivity index (χ0) is 27.4. The topological polar surface area (TPSA) is 125 Å². The van der Waals surface area contributed by atoms with Gasteiger partial charge in [-0.1, -0.05) is 40.2 Å². The minimum atomic E-state index is -0.720. The molecule has 0 spiro atoms. The van der Waals surface area contributed by atoms with Gasteiger partial charge in [0.2, 0.25) is 5.75 Å². The van der Waals surface area contributed by atoms with E-state index in [0.717, 1.165) is 27.9 Å². The molecule has 1 aliphatic heterocycles. The molecule has 0 bridgehead atoms. The number of nitro benzene ring substituents is 1. The number of imide groups is 1. The lowest BCUT2D eigenvalue weighted by Gasteiger charge is -2.13. The summed E-state index contributed by atoms with van der Waals surface area (Å²) >= 11 is 4.26. The van der Waals surface area contributed by atoms with Gasteiger partial charge in [-0.05, 0) is 59.3 Å². The van der Waals surface area contributed by atoms with Crippen molar-refractivity contribution in [3.05, 3.63) is 96.8 Å². The number of halogens is 1. The van der Waals surface area contributed by atoms with E-state index in [1.54, 1.807) is 18.2 Å². The van der Waals surface area contributed by atoms with E-state index in [4.69, 9.17) is 9.47 Å². The quantitative estimate of drug-likeness (QED) is 0.129. The van der Waals surface area contributed by atoms with Crippen LogP contribution in [0, 0.1) is 10.1 Å². The second-order valence-electron chi connectivity index (χ2n) is 7.80. The van der Waals surface area contributed by atoms with E-state index in [2.05, 4.69) is 20.7 Å². The number of thioether (sulfide) groups is 1. The van der Waals surface area contributed by atoms with Gasteiger partial charge in [-0.15, -0.1) is 0 Å². The summed E-state index contributed by atoms with van der Waals surface area (Å²) in [6, 6.07) is 15.7. The Labute approximate surface area is 229 Å². The van der Waals surface area contributed by atoms with Crippen molar-refractivity contribution >= 4 is 56.6 Å². The lowest BCUT2D eigenvalue weighted by molar-refractivity contribution is -0.385. The van der Waals surface area contributed by atoms with Gasteiger partial charge in [0.05, 0.1) is 36.2 Å². The van der Waals surface area contributed by atoms with Crippen LogP contribution in [0.25, 0.3) is 6.08 Å². The molecule has 0 radical (unpaired) electrons. The van der Waals surface area contributed by atoms with E-state index in [0.29, 0.717) is 5.56 Å².